The smallest absolute Gasteiger partial charge is 0.253 e. The Morgan fingerprint density at radius 1 is 1.29 bits per heavy atom. The number of likely N-dealkylation sites (tertiary alicyclic amines) is 1. The van der Waals surface area contributed by atoms with Gasteiger partial charge < -0.3 is 14.5 Å². The first-order chi connectivity index (χ1) is 10.3. The number of nitrogens with zero attached hydrogens (tertiary/aromatic N) is 3. The number of benzene rings is 1. The lowest BCUT2D eigenvalue weighted by Crippen LogP contribution is -2.39. The van der Waals surface area contributed by atoms with Crippen molar-refractivity contribution in [2.45, 2.75) is 12.8 Å². The second-order valence-electron chi connectivity index (χ2n) is 5.25. The zero-order chi connectivity index (χ0) is 14.7. The predicted molar refractivity (Wildman–Crippen MR) is 75.4 cm³/mol. The van der Waals surface area contributed by atoms with E-state index in [1.165, 1.54) is 6.39 Å². The van der Waals surface area contributed by atoms with E-state index < -0.39 is 0 Å². The molecule has 0 saturated carbocycles. The molecule has 3 rings (SSSR count). The monoisotopic (exact) mass is 287 g/mol. The third-order valence-electron chi connectivity index (χ3n) is 3.91. The maximum Gasteiger partial charge on any atom is 0.253 e. The van der Waals surface area contributed by atoms with E-state index in [0.717, 1.165) is 18.4 Å². The molecule has 1 fully saturated rings. The summed E-state index contributed by atoms with van der Waals surface area (Å²) in [7, 11) is 0. The Morgan fingerprint density at radius 3 is 2.57 bits per heavy atom. The van der Waals surface area contributed by atoms with Gasteiger partial charge in [0.1, 0.15) is 0 Å². The molecule has 1 aromatic heterocycles. The van der Waals surface area contributed by atoms with Crippen molar-refractivity contribution in [1.29, 1.82) is 0 Å². The molecule has 1 N–H and O–H groups in total. The minimum Gasteiger partial charge on any atom is -0.396 e. The lowest BCUT2D eigenvalue weighted by molar-refractivity contribution is 0.0651. The molecular formula is C15H17N3O3. The summed E-state index contributed by atoms with van der Waals surface area (Å²) in [6, 6.07) is 7.20. The van der Waals surface area contributed by atoms with Crippen LogP contribution >= 0.6 is 0 Å². The van der Waals surface area contributed by atoms with Gasteiger partial charge in [0.25, 0.3) is 5.91 Å². The summed E-state index contributed by atoms with van der Waals surface area (Å²) >= 11 is 0. The van der Waals surface area contributed by atoms with Crippen molar-refractivity contribution in [3.05, 3.63) is 36.2 Å². The van der Waals surface area contributed by atoms with Gasteiger partial charge >= 0.3 is 0 Å². The van der Waals surface area contributed by atoms with Crippen LogP contribution in [0.5, 0.6) is 0 Å². The molecular weight excluding hydrogens is 270 g/mol. The number of rotatable bonds is 3. The Hall–Kier alpha value is -2.21. The van der Waals surface area contributed by atoms with Crippen molar-refractivity contribution in [2.24, 2.45) is 5.92 Å². The molecule has 1 aliphatic rings. The topological polar surface area (TPSA) is 79.5 Å². The Labute approximate surface area is 122 Å². The number of carbonyl (C=O) groups excluding carboxylic acids is 1. The molecule has 0 bridgehead atoms. The molecule has 0 aliphatic carbocycles. The molecule has 0 spiro atoms. The molecule has 1 aromatic carbocycles. The third kappa shape index (κ3) is 2.95. The summed E-state index contributed by atoms with van der Waals surface area (Å²) in [5.74, 6) is 0.874. The fourth-order valence-electron chi connectivity index (χ4n) is 2.56. The molecule has 2 heterocycles. The minimum absolute atomic E-state index is 0.0334. The van der Waals surface area contributed by atoms with E-state index in [4.69, 9.17) is 9.63 Å². The highest BCUT2D eigenvalue weighted by atomic mass is 16.5. The van der Waals surface area contributed by atoms with Gasteiger partial charge in [0.2, 0.25) is 12.2 Å². The van der Waals surface area contributed by atoms with Crippen molar-refractivity contribution in [1.82, 2.24) is 15.0 Å². The van der Waals surface area contributed by atoms with E-state index >= 15 is 0 Å². The van der Waals surface area contributed by atoms with Crippen molar-refractivity contribution >= 4 is 5.91 Å². The van der Waals surface area contributed by atoms with Crippen molar-refractivity contribution in [3.63, 3.8) is 0 Å². The van der Waals surface area contributed by atoms with Crippen LogP contribution in [0.2, 0.25) is 0 Å². The van der Waals surface area contributed by atoms with Crippen LogP contribution < -0.4 is 0 Å². The van der Waals surface area contributed by atoms with E-state index in [1.54, 1.807) is 12.1 Å². The van der Waals surface area contributed by atoms with Crippen molar-refractivity contribution in [3.8, 4) is 11.4 Å². The standard InChI is InChI=1S/C15H17N3O3/c19-9-11-5-7-18(8-6-11)15(20)13-3-1-12(2-4-13)14-16-10-21-17-14/h1-4,10-11,19H,5-9H2. The highest BCUT2D eigenvalue weighted by Gasteiger charge is 2.23. The normalized spacial score (nSPS) is 16.1. The van der Waals surface area contributed by atoms with Gasteiger partial charge in [-0.05, 0) is 30.9 Å². The number of aliphatic hydroxyl groups is 1. The number of aliphatic hydroxyl groups excluding tert-OH is 1. The Morgan fingerprint density at radius 2 is 2.00 bits per heavy atom. The second-order valence-corrected chi connectivity index (χ2v) is 5.25. The van der Waals surface area contributed by atoms with Gasteiger partial charge in [0.05, 0.1) is 0 Å². The largest absolute Gasteiger partial charge is 0.396 e. The maximum atomic E-state index is 12.4. The third-order valence-corrected chi connectivity index (χ3v) is 3.91. The number of piperidine rings is 1. The fourth-order valence-corrected chi connectivity index (χ4v) is 2.56. The lowest BCUT2D eigenvalue weighted by Gasteiger charge is -2.31. The highest BCUT2D eigenvalue weighted by molar-refractivity contribution is 5.94. The predicted octanol–water partition coefficient (Wildman–Crippen LogP) is 1.58. The van der Waals surface area contributed by atoms with Gasteiger partial charge in [-0.15, -0.1) is 0 Å². The number of carbonyl (C=O) groups is 1. The van der Waals surface area contributed by atoms with Gasteiger partial charge in [-0.3, -0.25) is 4.79 Å². The minimum atomic E-state index is 0.0334. The number of hydrogen-bond donors (Lipinski definition) is 1. The Bertz CT molecular complexity index is 587. The van der Waals surface area contributed by atoms with Crippen LogP contribution in [0.1, 0.15) is 23.2 Å². The molecule has 1 amide bonds. The Kier molecular flexibility index (Phi) is 3.96. The number of amides is 1. The zero-order valence-corrected chi connectivity index (χ0v) is 11.6. The van der Waals surface area contributed by atoms with E-state index in [2.05, 4.69) is 10.1 Å². The lowest BCUT2D eigenvalue weighted by atomic mass is 9.97. The summed E-state index contributed by atoms with van der Waals surface area (Å²) in [5, 5.41) is 12.9. The van der Waals surface area contributed by atoms with Gasteiger partial charge in [0, 0.05) is 30.8 Å². The molecule has 110 valence electrons. The van der Waals surface area contributed by atoms with E-state index in [0.29, 0.717) is 30.4 Å². The quantitative estimate of drug-likeness (QED) is 0.927. The van der Waals surface area contributed by atoms with Crippen LogP contribution in [0.15, 0.2) is 35.2 Å². The van der Waals surface area contributed by atoms with E-state index in [1.807, 2.05) is 17.0 Å². The van der Waals surface area contributed by atoms with Crippen LogP contribution in [0.25, 0.3) is 11.4 Å². The molecule has 0 radical (unpaired) electrons. The van der Waals surface area contributed by atoms with Gasteiger partial charge in [-0.25, -0.2) is 0 Å². The molecule has 0 unspecified atom stereocenters. The van der Waals surface area contributed by atoms with Crippen molar-refractivity contribution < 1.29 is 14.4 Å². The molecule has 21 heavy (non-hydrogen) atoms. The maximum absolute atomic E-state index is 12.4. The summed E-state index contributed by atoms with van der Waals surface area (Å²) in [6.45, 7) is 1.62. The summed E-state index contributed by atoms with van der Waals surface area (Å²) in [5.41, 5.74) is 1.48. The van der Waals surface area contributed by atoms with Crippen LogP contribution in [0.3, 0.4) is 0 Å². The fraction of sp³-hybridized carbons (Fsp3) is 0.400. The molecule has 1 aliphatic heterocycles. The summed E-state index contributed by atoms with van der Waals surface area (Å²) in [6.07, 6.45) is 3.01. The Balaban J connectivity index is 1.68. The van der Waals surface area contributed by atoms with Gasteiger partial charge in [-0.1, -0.05) is 17.3 Å². The average molecular weight is 287 g/mol. The molecule has 1 saturated heterocycles. The highest BCUT2D eigenvalue weighted by Crippen LogP contribution is 2.20. The summed E-state index contributed by atoms with van der Waals surface area (Å²) < 4.78 is 4.71. The molecule has 6 nitrogen and oxygen atoms in total. The van der Waals surface area contributed by atoms with Gasteiger partial charge in [-0.2, -0.15) is 4.98 Å². The van der Waals surface area contributed by atoms with E-state index in [-0.39, 0.29) is 12.5 Å². The molecule has 0 atom stereocenters. The van der Waals surface area contributed by atoms with Crippen LogP contribution in [0, 0.1) is 5.92 Å². The SMILES string of the molecule is O=C(c1ccc(-c2ncon2)cc1)N1CCC(CO)CC1. The molecule has 6 heteroatoms. The number of hydrogen-bond acceptors (Lipinski definition) is 5. The van der Waals surface area contributed by atoms with Crippen LogP contribution in [0.4, 0.5) is 0 Å². The van der Waals surface area contributed by atoms with Crippen molar-refractivity contribution in [2.75, 3.05) is 19.7 Å². The van der Waals surface area contributed by atoms with Crippen LogP contribution in [-0.2, 0) is 0 Å². The zero-order valence-electron chi connectivity index (χ0n) is 11.6. The van der Waals surface area contributed by atoms with Gasteiger partial charge in [0.15, 0.2) is 0 Å². The average Bonchev–Trinajstić information content (AvgIpc) is 3.09. The number of aromatic nitrogens is 2. The first kappa shape index (κ1) is 13.8. The first-order valence-electron chi connectivity index (χ1n) is 7.05. The second kappa shape index (κ2) is 6.05. The van der Waals surface area contributed by atoms with Crippen LogP contribution in [-0.4, -0.2) is 45.8 Å². The summed E-state index contributed by atoms with van der Waals surface area (Å²) in [4.78, 5) is 18.2. The first-order valence-corrected chi connectivity index (χ1v) is 7.05. The van der Waals surface area contributed by atoms with E-state index in [9.17, 15) is 4.79 Å². The molecule has 2 aromatic rings.